The van der Waals surface area contributed by atoms with Crippen LogP contribution in [-0.4, -0.2) is 95.9 Å². The van der Waals surface area contributed by atoms with E-state index in [1.165, 1.54) is 89.9 Å². The SMILES string of the molecule is CC/C=C\C/C=C\C/C=C\C/C=C\C/C=C\C/C=C\CCCCCCCCCCCCCCCCCCC(=O)OCC(O)COP(=O)(O)OCC(O)COP(=O)(O)OCC(COC(=O)CCCCCCCCCC/C=C\C/C=C\C/C=C\C/C=C\C/C=C\C/C=C\CC)OC(=O)CCC/C=C\C/C=C\C/C=C\C/C=C\C/C=C\CC. The normalized spacial score (nSPS) is 14.8. The highest BCUT2D eigenvalue weighted by Gasteiger charge is 2.29. The molecule has 16 nitrogen and oxygen atoms in total. The van der Waals surface area contributed by atoms with Crippen molar-refractivity contribution in [3.05, 3.63) is 207 Å². The summed E-state index contributed by atoms with van der Waals surface area (Å²) >= 11 is 0. The minimum Gasteiger partial charge on any atom is -0.463 e. The Balaban J connectivity index is 4.54. The summed E-state index contributed by atoms with van der Waals surface area (Å²) in [6.45, 7) is 2.26. The van der Waals surface area contributed by atoms with E-state index >= 15 is 0 Å². The van der Waals surface area contributed by atoms with Crippen molar-refractivity contribution in [2.75, 3.05) is 39.6 Å². The Hall–Kier alpha value is -5.87. The molecule has 0 aromatic rings. The van der Waals surface area contributed by atoms with Crippen molar-refractivity contribution in [3.63, 3.8) is 0 Å². The molecule has 0 bridgehead atoms. The van der Waals surface area contributed by atoms with Gasteiger partial charge in [0, 0.05) is 19.3 Å². The average molecular weight is 1640 g/mol. The van der Waals surface area contributed by atoms with Gasteiger partial charge in [0.2, 0.25) is 0 Å². The van der Waals surface area contributed by atoms with E-state index in [1.807, 2.05) is 12.2 Å². The summed E-state index contributed by atoms with van der Waals surface area (Å²) in [7, 11) is -9.84. The zero-order chi connectivity index (χ0) is 83.6. The van der Waals surface area contributed by atoms with Crippen LogP contribution in [0.15, 0.2) is 207 Å². The first-order valence-electron chi connectivity index (χ1n) is 44.4. The molecule has 0 amide bonds. The predicted octanol–water partition coefficient (Wildman–Crippen LogP) is 27.2. The van der Waals surface area contributed by atoms with Crippen LogP contribution in [0.2, 0.25) is 0 Å². The Kier molecular flexibility index (Phi) is 83.0. The third-order valence-corrected chi connectivity index (χ3v) is 19.9. The molecular weight excluding hydrogens is 1480 g/mol. The van der Waals surface area contributed by atoms with E-state index in [0.717, 1.165) is 173 Å². The van der Waals surface area contributed by atoms with Crippen molar-refractivity contribution in [2.24, 2.45) is 0 Å². The van der Waals surface area contributed by atoms with E-state index < -0.39 is 91.5 Å². The van der Waals surface area contributed by atoms with E-state index in [2.05, 4.69) is 215 Å². The zero-order valence-electron chi connectivity index (χ0n) is 71.6. The second-order valence-corrected chi connectivity index (χ2v) is 31.8. The maximum absolute atomic E-state index is 13.0. The zero-order valence-corrected chi connectivity index (χ0v) is 73.4. The summed E-state index contributed by atoms with van der Waals surface area (Å²) in [5.74, 6) is -1.66. The van der Waals surface area contributed by atoms with Crippen LogP contribution in [0.25, 0.3) is 0 Å². The summed E-state index contributed by atoms with van der Waals surface area (Å²) in [4.78, 5) is 58.8. The first kappa shape index (κ1) is 109. The van der Waals surface area contributed by atoms with Gasteiger partial charge in [-0.25, -0.2) is 9.13 Å². The van der Waals surface area contributed by atoms with Crippen molar-refractivity contribution in [1.82, 2.24) is 0 Å². The summed E-state index contributed by atoms with van der Waals surface area (Å²) in [5, 5.41) is 20.7. The third-order valence-electron chi connectivity index (χ3n) is 18.0. The molecule has 0 spiro atoms. The summed E-state index contributed by atoms with van der Waals surface area (Å²) in [5.41, 5.74) is 0. The summed E-state index contributed by atoms with van der Waals surface area (Å²) < 4.78 is 61.3. The standard InChI is InChI=1S/C97H158O16P2/c1-4-7-10-13-16-19-22-25-28-31-33-35-37-39-41-42-43-44-45-46-47-48-50-52-53-55-57-60-62-65-68-71-74-77-80-83-95(100)107-86-92(98)87-109-114(103,104)110-88-93(99)89-111-115(105,106)112-91-94(113-97(102)85-82-79-76-73-70-67-64-59-30-27-24-21-18-15-12-9-6-3)90-108-96(101)84-81-78-75-72-69-66-63-61-58-56-54-51-49-40-38-36-34-32-29-26-23-20-17-14-11-8-5-2/h7-12,16-21,25-30,33-36,39-41,43-44,49,54,56,64,67,73,76,92-94,98-99H,4-6,13-15,22-24,31-32,37-38,42,45-48,50-53,55,57-63,65-66,68-72,74-75,77-91H2,1-3H3,(H,103,104)(H,105,106)/b10-7-,11-8-,12-9-,19-16-,20-17-,21-18-,28-25-,29-26-,30-27-,35-33-,36-34-,41-39-,44-43-,49-40-,56-54-,67-64-,76-73-. The largest absolute Gasteiger partial charge is 0.472 e. The molecule has 18 heteroatoms. The van der Waals surface area contributed by atoms with Gasteiger partial charge in [0.05, 0.1) is 26.4 Å². The quantitative estimate of drug-likeness (QED) is 0.0146. The number of aliphatic hydroxyl groups is 2. The van der Waals surface area contributed by atoms with E-state index in [1.54, 1.807) is 0 Å². The molecule has 5 atom stereocenters. The van der Waals surface area contributed by atoms with Crippen LogP contribution in [0.1, 0.15) is 329 Å². The molecule has 0 aromatic heterocycles. The highest BCUT2D eigenvalue weighted by atomic mass is 31.2. The van der Waals surface area contributed by atoms with Crippen molar-refractivity contribution in [2.45, 2.75) is 347 Å². The van der Waals surface area contributed by atoms with E-state index in [-0.39, 0.29) is 19.3 Å². The molecule has 0 aromatic carbocycles. The van der Waals surface area contributed by atoms with Crippen LogP contribution in [0.3, 0.4) is 0 Å². The van der Waals surface area contributed by atoms with Gasteiger partial charge in [-0.3, -0.25) is 32.5 Å². The lowest BCUT2D eigenvalue weighted by atomic mass is 10.0. The fraction of sp³-hybridized carbons (Fsp3) is 0.619. The molecule has 0 fully saturated rings. The molecule has 652 valence electrons. The predicted molar refractivity (Wildman–Crippen MR) is 481 cm³/mol. The second kappa shape index (κ2) is 87.4. The Morgan fingerprint density at radius 1 is 0.243 bits per heavy atom. The molecule has 0 aliphatic carbocycles. The van der Waals surface area contributed by atoms with Gasteiger partial charge < -0.3 is 34.2 Å². The Labute approximate surface area is 699 Å². The Morgan fingerprint density at radius 3 is 0.713 bits per heavy atom. The molecule has 4 N–H and O–H groups in total. The average Bonchev–Trinajstić information content (AvgIpc) is 0.926. The molecular formula is C97H158O16P2. The van der Waals surface area contributed by atoms with E-state index in [4.69, 9.17) is 32.3 Å². The van der Waals surface area contributed by atoms with Crippen molar-refractivity contribution in [3.8, 4) is 0 Å². The van der Waals surface area contributed by atoms with Gasteiger partial charge in [0.1, 0.15) is 25.4 Å². The van der Waals surface area contributed by atoms with Gasteiger partial charge in [-0.2, -0.15) is 0 Å². The molecule has 0 saturated heterocycles. The lowest BCUT2D eigenvalue weighted by molar-refractivity contribution is -0.161. The Bertz CT molecular complexity index is 2920. The van der Waals surface area contributed by atoms with Crippen LogP contribution < -0.4 is 0 Å². The highest BCUT2D eigenvalue weighted by Crippen LogP contribution is 2.45. The lowest BCUT2D eigenvalue weighted by Crippen LogP contribution is -2.30. The number of rotatable bonds is 82. The number of hydrogen-bond acceptors (Lipinski definition) is 14. The van der Waals surface area contributed by atoms with Gasteiger partial charge in [-0.1, -0.05) is 356 Å². The highest BCUT2D eigenvalue weighted by molar-refractivity contribution is 7.47. The van der Waals surface area contributed by atoms with E-state index in [0.29, 0.717) is 25.7 Å². The van der Waals surface area contributed by atoms with Gasteiger partial charge in [0.25, 0.3) is 0 Å². The van der Waals surface area contributed by atoms with Crippen LogP contribution in [0, 0.1) is 0 Å². The molecule has 0 aliphatic heterocycles. The number of ether oxygens (including phenoxy) is 3. The molecule has 0 heterocycles. The minimum absolute atomic E-state index is 0.0173. The third kappa shape index (κ3) is 88.8. The minimum atomic E-state index is -4.96. The van der Waals surface area contributed by atoms with Crippen LogP contribution in [-0.2, 0) is 55.8 Å². The fourth-order valence-electron chi connectivity index (χ4n) is 11.4. The number of carbonyl (C=O) groups is 3. The first-order chi connectivity index (χ1) is 56.2. The van der Waals surface area contributed by atoms with Crippen LogP contribution in [0.5, 0.6) is 0 Å². The van der Waals surface area contributed by atoms with Crippen LogP contribution >= 0.6 is 15.6 Å². The number of aliphatic hydroxyl groups excluding tert-OH is 2. The van der Waals surface area contributed by atoms with Gasteiger partial charge in [0.15, 0.2) is 6.10 Å². The Morgan fingerprint density at radius 2 is 0.443 bits per heavy atom. The number of carbonyl (C=O) groups excluding carboxylic acids is 3. The van der Waals surface area contributed by atoms with Crippen molar-refractivity contribution < 1.29 is 75.8 Å². The van der Waals surface area contributed by atoms with Crippen molar-refractivity contribution in [1.29, 1.82) is 0 Å². The smallest absolute Gasteiger partial charge is 0.463 e. The number of allylic oxidation sites excluding steroid dienone is 34. The van der Waals surface area contributed by atoms with Crippen LogP contribution in [0.4, 0.5) is 0 Å². The maximum atomic E-state index is 13.0. The number of phosphoric acid groups is 2. The van der Waals surface area contributed by atoms with Gasteiger partial charge >= 0.3 is 33.6 Å². The topological polar surface area (TPSA) is 231 Å². The second-order valence-electron chi connectivity index (χ2n) is 28.9. The van der Waals surface area contributed by atoms with Crippen molar-refractivity contribution >= 4 is 33.6 Å². The van der Waals surface area contributed by atoms with E-state index in [9.17, 15) is 43.5 Å². The summed E-state index contributed by atoms with van der Waals surface area (Å²) in [6.07, 6.45) is 118. The molecule has 0 saturated carbocycles. The van der Waals surface area contributed by atoms with Gasteiger partial charge in [-0.15, -0.1) is 0 Å². The maximum Gasteiger partial charge on any atom is 0.472 e. The number of hydrogen-bond donors (Lipinski definition) is 4. The lowest BCUT2D eigenvalue weighted by Gasteiger charge is -2.21. The number of phosphoric ester groups is 2. The molecule has 0 aliphatic rings. The number of unbranched alkanes of at least 4 members (excludes halogenated alkanes) is 25. The molecule has 5 unspecified atom stereocenters. The monoisotopic (exact) mass is 1640 g/mol. The molecule has 0 radical (unpaired) electrons. The molecule has 0 rings (SSSR count). The fourth-order valence-corrected chi connectivity index (χ4v) is 13.0. The first-order valence-corrected chi connectivity index (χ1v) is 47.4. The summed E-state index contributed by atoms with van der Waals surface area (Å²) in [6, 6.07) is 0. The molecule has 115 heavy (non-hydrogen) atoms. The number of esters is 3. The van der Waals surface area contributed by atoms with Gasteiger partial charge in [-0.05, 0) is 161 Å².